The molecule has 0 aliphatic heterocycles. The number of hydrogen-bond acceptors (Lipinski definition) is 1. The lowest BCUT2D eigenvalue weighted by Crippen LogP contribution is -2.04. The van der Waals surface area contributed by atoms with Gasteiger partial charge in [-0.3, -0.25) is 0 Å². The summed E-state index contributed by atoms with van der Waals surface area (Å²) in [5.41, 5.74) is 4.68. The van der Waals surface area contributed by atoms with Gasteiger partial charge < -0.3 is 4.74 Å². The van der Waals surface area contributed by atoms with Crippen LogP contribution in [0.2, 0.25) is 0 Å². The molecule has 0 amide bonds. The Bertz CT molecular complexity index is 554. The van der Waals surface area contributed by atoms with Gasteiger partial charge in [0.15, 0.2) is 0 Å². The molecule has 106 valence electrons. The first-order chi connectivity index (χ1) is 9.54. The molecule has 2 rings (SSSR count). The SMILES string of the molecule is COc1c(C)cc(C(Cl)C(C)c2ccccc2)cc1C. The molecule has 0 fully saturated rings. The van der Waals surface area contributed by atoms with Crippen molar-refractivity contribution in [2.45, 2.75) is 32.1 Å². The van der Waals surface area contributed by atoms with Gasteiger partial charge in [0.2, 0.25) is 0 Å². The van der Waals surface area contributed by atoms with Crippen LogP contribution in [-0.2, 0) is 0 Å². The van der Waals surface area contributed by atoms with E-state index in [9.17, 15) is 0 Å². The molecule has 2 aromatic rings. The lowest BCUT2D eigenvalue weighted by atomic mass is 9.91. The molecule has 0 aromatic heterocycles. The number of rotatable bonds is 4. The van der Waals surface area contributed by atoms with Crippen molar-refractivity contribution in [3.8, 4) is 5.75 Å². The summed E-state index contributed by atoms with van der Waals surface area (Å²) in [7, 11) is 1.71. The van der Waals surface area contributed by atoms with Crippen molar-refractivity contribution in [2.24, 2.45) is 0 Å². The van der Waals surface area contributed by atoms with Gasteiger partial charge in [0.1, 0.15) is 5.75 Å². The Morgan fingerprint density at radius 3 is 2.00 bits per heavy atom. The van der Waals surface area contributed by atoms with E-state index in [1.54, 1.807) is 7.11 Å². The van der Waals surface area contributed by atoms with Crippen molar-refractivity contribution in [3.05, 3.63) is 64.7 Å². The van der Waals surface area contributed by atoms with Gasteiger partial charge in [-0.1, -0.05) is 49.4 Å². The zero-order chi connectivity index (χ0) is 14.7. The highest BCUT2D eigenvalue weighted by molar-refractivity contribution is 6.21. The smallest absolute Gasteiger partial charge is 0.124 e. The summed E-state index contributed by atoms with van der Waals surface area (Å²) in [5.74, 6) is 1.22. The summed E-state index contributed by atoms with van der Waals surface area (Å²) < 4.78 is 5.41. The largest absolute Gasteiger partial charge is 0.496 e. The molecule has 0 heterocycles. The summed E-state index contributed by atoms with van der Waals surface area (Å²) in [6, 6.07) is 14.7. The standard InChI is InChI=1S/C18H21ClO/c1-12-10-16(11-13(2)18(12)20-4)17(19)14(3)15-8-6-5-7-9-15/h5-11,14,17H,1-4H3. The van der Waals surface area contributed by atoms with Crippen molar-refractivity contribution in [1.29, 1.82) is 0 Å². The minimum Gasteiger partial charge on any atom is -0.496 e. The first-order valence-corrected chi connectivity index (χ1v) is 7.32. The van der Waals surface area contributed by atoms with Crippen LogP contribution >= 0.6 is 11.6 Å². The van der Waals surface area contributed by atoms with Gasteiger partial charge in [-0.15, -0.1) is 11.6 Å². The van der Waals surface area contributed by atoms with Crippen LogP contribution in [0.4, 0.5) is 0 Å². The second kappa shape index (κ2) is 6.32. The van der Waals surface area contributed by atoms with Gasteiger partial charge >= 0.3 is 0 Å². The molecule has 2 unspecified atom stereocenters. The van der Waals surface area contributed by atoms with Crippen LogP contribution < -0.4 is 4.74 Å². The molecule has 0 bridgehead atoms. The van der Waals surface area contributed by atoms with E-state index in [-0.39, 0.29) is 11.3 Å². The van der Waals surface area contributed by atoms with Crippen LogP contribution in [0.1, 0.15) is 40.5 Å². The second-order valence-corrected chi connectivity index (χ2v) is 5.76. The van der Waals surface area contributed by atoms with Gasteiger partial charge in [0.25, 0.3) is 0 Å². The summed E-state index contributed by atoms with van der Waals surface area (Å²) in [6.07, 6.45) is 0. The quantitative estimate of drug-likeness (QED) is 0.685. The Balaban J connectivity index is 2.32. The van der Waals surface area contributed by atoms with Crippen LogP contribution in [-0.4, -0.2) is 7.11 Å². The first-order valence-electron chi connectivity index (χ1n) is 6.88. The Kier molecular flexibility index (Phi) is 4.72. The van der Waals surface area contributed by atoms with E-state index < -0.39 is 0 Å². The number of halogens is 1. The number of alkyl halides is 1. The Morgan fingerprint density at radius 1 is 0.950 bits per heavy atom. The Hall–Kier alpha value is -1.47. The normalized spacial score (nSPS) is 13.8. The van der Waals surface area contributed by atoms with E-state index in [0.717, 1.165) is 22.4 Å². The number of hydrogen-bond donors (Lipinski definition) is 0. The van der Waals surface area contributed by atoms with Crippen molar-refractivity contribution in [2.75, 3.05) is 7.11 Å². The number of benzene rings is 2. The molecule has 2 atom stereocenters. The second-order valence-electron chi connectivity index (χ2n) is 5.29. The third-order valence-corrected chi connectivity index (χ3v) is 4.40. The average molecular weight is 289 g/mol. The monoisotopic (exact) mass is 288 g/mol. The summed E-state index contributed by atoms with van der Waals surface area (Å²) >= 11 is 6.69. The summed E-state index contributed by atoms with van der Waals surface area (Å²) in [4.78, 5) is 0. The van der Waals surface area contributed by atoms with E-state index in [1.165, 1.54) is 5.56 Å². The average Bonchev–Trinajstić information content (AvgIpc) is 2.46. The van der Waals surface area contributed by atoms with Crippen molar-refractivity contribution in [3.63, 3.8) is 0 Å². The molecule has 20 heavy (non-hydrogen) atoms. The highest BCUT2D eigenvalue weighted by Gasteiger charge is 2.20. The van der Waals surface area contributed by atoms with Gasteiger partial charge in [-0.05, 0) is 36.1 Å². The minimum absolute atomic E-state index is 0.0410. The maximum absolute atomic E-state index is 6.69. The zero-order valence-corrected chi connectivity index (χ0v) is 13.2. The molecule has 0 spiro atoms. The molecule has 0 saturated carbocycles. The molecular formula is C18H21ClO. The van der Waals surface area contributed by atoms with Crippen LogP contribution in [0.15, 0.2) is 42.5 Å². The van der Waals surface area contributed by atoms with Gasteiger partial charge in [-0.2, -0.15) is 0 Å². The first kappa shape index (κ1) is 14.9. The zero-order valence-electron chi connectivity index (χ0n) is 12.5. The lowest BCUT2D eigenvalue weighted by molar-refractivity contribution is 0.408. The molecule has 0 aliphatic carbocycles. The molecule has 0 saturated heterocycles. The molecule has 2 aromatic carbocycles. The molecule has 0 aliphatic rings. The predicted octanol–water partition coefficient (Wildman–Crippen LogP) is 5.40. The van der Waals surface area contributed by atoms with Crippen LogP contribution in [0.25, 0.3) is 0 Å². The Morgan fingerprint density at radius 2 is 1.50 bits per heavy atom. The number of aryl methyl sites for hydroxylation is 2. The third kappa shape index (κ3) is 2.99. The van der Waals surface area contributed by atoms with Crippen molar-refractivity contribution >= 4 is 11.6 Å². The van der Waals surface area contributed by atoms with Gasteiger partial charge in [-0.25, -0.2) is 0 Å². The molecule has 2 heteroatoms. The molecule has 1 nitrogen and oxygen atoms in total. The topological polar surface area (TPSA) is 9.23 Å². The minimum atomic E-state index is -0.0410. The third-order valence-electron chi connectivity index (χ3n) is 3.77. The van der Waals surface area contributed by atoms with Crippen LogP contribution in [0.5, 0.6) is 5.75 Å². The molecule has 0 N–H and O–H groups in total. The van der Waals surface area contributed by atoms with E-state index >= 15 is 0 Å². The van der Waals surface area contributed by atoms with Crippen LogP contribution in [0.3, 0.4) is 0 Å². The Labute approximate surface area is 126 Å². The number of ether oxygens (including phenoxy) is 1. The van der Waals surface area contributed by atoms with Crippen molar-refractivity contribution < 1.29 is 4.74 Å². The fourth-order valence-electron chi connectivity index (χ4n) is 2.68. The fourth-order valence-corrected chi connectivity index (χ4v) is 2.95. The van der Waals surface area contributed by atoms with E-state index in [4.69, 9.17) is 16.3 Å². The highest BCUT2D eigenvalue weighted by atomic mass is 35.5. The van der Waals surface area contributed by atoms with Gasteiger partial charge in [0, 0.05) is 5.92 Å². The maximum atomic E-state index is 6.69. The predicted molar refractivity (Wildman–Crippen MR) is 85.9 cm³/mol. The van der Waals surface area contributed by atoms with Crippen molar-refractivity contribution in [1.82, 2.24) is 0 Å². The fraction of sp³-hybridized carbons (Fsp3) is 0.333. The van der Waals surface area contributed by atoms with E-state index in [2.05, 4.69) is 57.2 Å². The van der Waals surface area contributed by atoms with E-state index in [0.29, 0.717) is 0 Å². The van der Waals surface area contributed by atoms with E-state index in [1.807, 2.05) is 6.07 Å². The van der Waals surface area contributed by atoms with Gasteiger partial charge in [0.05, 0.1) is 12.5 Å². The molecule has 0 radical (unpaired) electrons. The summed E-state index contributed by atoms with van der Waals surface area (Å²) in [5, 5.41) is -0.0410. The highest BCUT2D eigenvalue weighted by Crippen LogP contribution is 2.38. The number of methoxy groups -OCH3 is 1. The lowest BCUT2D eigenvalue weighted by Gasteiger charge is -2.21. The maximum Gasteiger partial charge on any atom is 0.124 e. The van der Waals surface area contributed by atoms with Crippen LogP contribution in [0, 0.1) is 13.8 Å². The summed E-state index contributed by atoms with van der Waals surface area (Å²) in [6.45, 7) is 6.29. The molecular weight excluding hydrogens is 268 g/mol.